The first-order valence-corrected chi connectivity index (χ1v) is 17.7. The lowest BCUT2D eigenvalue weighted by Crippen LogP contribution is -2.54. The van der Waals surface area contributed by atoms with Crippen LogP contribution in [0.1, 0.15) is 63.2 Å². The highest BCUT2D eigenvalue weighted by atomic mass is 16.5. The van der Waals surface area contributed by atoms with Crippen molar-refractivity contribution in [2.24, 2.45) is 0 Å². The number of amides is 5. The number of ether oxygens (including phenoxy) is 3. The Kier molecular flexibility index (Phi) is 11.0. The molecule has 280 valence electrons. The maximum absolute atomic E-state index is 13.2. The molecule has 5 amide bonds. The maximum Gasteiger partial charge on any atom is 0.262 e. The van der Waals surface area contributed by atoms with Crippen LogP contribution in [0.5, 0.6) is 5.75 Å². The predicted molar refractivity (Wildman–Crippen MR) is 192 cm³/mol. The molecular formula is C38H39N7O9. The van der Waals surface area contributed by atoms with E-state index in [1.807, 2.05) is 30.3 Å². The Bertz CT molecular complexity index is 2100. The molecule has 54 heavy (non-hydrogen) atoms. The van der Waals surface area contributed by atoms with Crippen molar-refractivity contribution < 1.29 is 42.6 Å². The molecule has 3 aliphatic heterocycles. The van der Waals surface area contributed by atoms with Gasteiger partial charge in [-0.1, -0.05) is 18.2 Å². The summed E-state index contributed by atoms with van der Waals surface area (Å²) in [6.45, 7) is 2.42. The van der Waals surface area contributed by atoms with Crippen molar-refractivity contribution in [2.45, 2.75) is 44.3 Å². The molecule has 1 fully saturated rings. The molecule has 5 heterocycles. The van der Waals surface area contributed by atoms with Crippen LogP contribution in [0.25, 0.3) is 11.1 Å². The van der Waals surface area contributed by atoms with Gasteiger partial charge in [-0.25, -0.2) is 10.4 Å². The first kappa shape index (κ1) is 36.4. The average molecular weight is 738 g/mol. The lowest BCUT2D eigenvalue weighted by Gasteiger charge is -2.27. The van der Waals surface area contributed by atoms with E-state index in [2.05, 4.69) is 26.0 Å². The number of carbonyl (C=O) groups excluding carboxylic acids is 5. The van der Waals surface area contributed by atoms with Gasteiger partial charge in [-0.3, -0.25) is 44.2 Å². The molecule has 2 aromatic heterocycles. The van der Waals surface area contributed by atoms with Crippen LogP contribution in [-0.2, 0) is 36.8 Å². The number of benzene rings is 2. The van der Waals surface area contributed by atoms with E-state index in [1.54, 1.807) is 37.5 Å². The number of fused-ring (bicyclic) bond motifs is 2. The number of nitrogens with zero attached hydrogens (tertiary/aromatic N) is 4. The highest BCUT2D eigenvalue weighted by Crippen LogP contribution is 2.31. The molecule has 7 rings (SSSR count). The van der Waals surface area contributed by atoms with E-state index in [-0.39, 0.29) is 30.4 Å². The number of rotatable bonds is 16. The normalized spacial score (nSPS) is 18.4. The smallest absolute Gasteiger partial charge is 0.262 e. The van der Waals surface area contributed by atoms with E-state index in [0.717, 1.165) is 21.8 Å². The molecule has 2 atom stereocenters. The zero-order chi connectivity index (χ0) is 37.6. The standard InChI is InChI=1S/C38H39N7O9/c1-44-33(47)14-10-28(43-44)36-41-29-20-24(8-12-31(29)54-36)39-21-25-7-9-26(22-40-25)53-19-18-52-17-16-51-15-3-5-23-4-2-6-27-34(23)38(50)45(37(27)49)30-11-13-32(46)42-35(30)48/h2,4,6-10,12,14,20,22,28,30,39,43H,3,5,11,13,15-19,21H2,1H3,(H,42,46,48). The number of hydrazine groups is 1. The van der Waals surface area contributed by atoms with Gasteiger partial charge in [-0.15, -0.1) is 0 Å². The Balaban J connectivity index is 0.766. The number of hydrogen-bond acceptors (Lipinski definition) is 13. The van der Waals surface area contributed by atoms with Gasteiger partial charge in [0.25, 0.3) is 17.7 Å². The molecule has 3 N–H and O–H groups in total. The molecule has 0 aliphatic carbocycles. The third kappa shape index (κ3) is 8.15. The minimum Gasteiger partial charge on any atom is -0.490 e. The number of piperidine rings is 1. The second kappa shape index (κ2) is 16.4. The molecule has 1 saturated heterocycles. The van der Waals surface area contributed by atoms with Crippen LogP contribution in [0.15, 0.2) is 71.3 Å². The number of imide groups is 2. The van der Waals surface area contributed by atoms with Crippen LogP contribution >= 0.6 is 0 Å². The molecule has 0 spiro atoms. The average Bonchev–Trinajstić information content (AvgIpc) is 3.71. The molecule has 4 aromatic rings. The van der Waals surface area contributed by atoms with Crippen molar-refractivity contribution in [3.8, 4) is 5.75 Å². The molecule has 0 radical (unpaired) electrons. The Morgan fingerprint density at radius 2 is 1.80 bits per heavy atom. The zero-order valence-electron chi connectivity index (χ0n) is 29.5. The molecule has 2 unspecified atom stereocenters. The zero-order valence-corrected chi connectivity index (χ0v) is 29.5. The second-order valence-electron chi connectivity index (χ2n) is 12.9. The van der Waals surface area contributed by atoms with Crippen LogP contribution in [0, 0.1) is 0 Å². The van der Waals surface area contributed by atoms with Crippen molar-refractivity contribution in [1.82, 2.24) is 30.6 Å². The summed E-state index contributed by atoms with van der Waals surface area (Å²) in [5, 5.41) is 6.96. The highest BCUT2D eigenvalue weighted by Gasteiger charge is 2.45. The summed E-state index contributed by atoms with van der Waals surface area (Å²) in [6, 6.07) is 13.2. The minimum atomic E-state index is -0.992. The van der Waals surface area contributed by atoms with Gasteiger partial charge in [0.05, 0.1) is 49.4 Å². The fourth-order valence-electron chi connectivity index (χ4n) is 6.42. The first-order valence-electron chi connectivity index (χ1n) is 17.7. The molecule has 2 aromatic carbocycles. The summed E-state index contributed by atoms with van der Waals surface area (Å²) in [4.78, 5) is 71.9. The lowest BCUT2D eigenvalue weighted by molar-refractivity contribution is -0.136. The van der Waals surface area contributed by atoms with E-state index in [1.165, 1.54) is 11.1 Å². The van der Waals surface area contributed by atoms with Crippen LogP contribution in [0.2, 0.25) is 0 Å². The van der Waals surface area contributed by atoms with E-state index in [0.29, 0.717) is 80.7 Å². The predicted octanol–water partition coefficient (Wildman–Crippen LogP) is 2.85. The Labute approximate surface area is 309 Å². The van der Waals surface area contributed by atoms with Crippen molar-refractivity contribution in [1.29, 1.82) is 0 Å². The van der Waals surface area contributed by atoms with Crippen LogP contribution in [0.4, 0.5) is 5.69 Å². The number of hydrogen-bond donors (Lipinski definition) is 3. The van der Waals surface area contributed by atoms with Gasteiger partial charge in [-0.05, 0) is 61.2 Å². The van der Waals surface area contributed by atoms with Crippen LogP contribution in [0.3, 0.4) is 0 Å². The van der Waals surface area contributed by atoms with E-state index in [4.69, 9.17) is 18.6 Å². The number of carbonyl (C=O) groups is 5. The molecule has 3 aliphatic rings. The van der Waals surface area contributed by atoms with Gasteiger partial charge in [0.15, 0.2) is 5.58 Å². The van der Waals surface area contributed by atoms with Crippen molar-refractivity contribution in [3.05, 3.63) is 95.2 Å². The van der Waals surface area contributed by atoms with Crippen molar-refractivity contribution in [3.63, 3.8) is 0 Å². The second-order valence-corrected chi connectivity index (χ2v) is 12.9. The Hall–Kier alpha value is -5.97. The number of pyridine rings is 1. The van der Waals surface area contributed by atoms with E-state index in [9.17, 15) is 24.0 Å². The topological polar surface area (TPSA) is 195 Å². The van der Waals surface area contributed by atoms with Crippen LogP contribution < -0.4 is 20.8 Å². The number of likely N-dealkylation sites (N-methyl/N-ethyl adjacent to an activating group) is 1. The van der Waals surface area contributed by atoms with Crippen molar-refractivity contribution >= 4 is 46.3 Å². The number of anilines is 1. The minimum absolute atomic E-state index is 0.0752. The fourth-order valence-corrected chi connectivity index (χ4v) is 6.42. The third-order valence-electron chi connectivity index (χ3n) is 9.19. The molecular weight excluding hydrogens is 698 g/mol. The molecule has 0 bridgehead atoms. The van der Waals surface area contributed by atoms with Crippen LogP contribution in [-0.4, -0.2) is 95.5 Å². The number of nitrogens with one attached hydrogen (secondary N) is 3. The van der Waals surface area contributed by atoms with Gasteiger partial charge < -0.3 is 23.9 Å². The molecule has 16 heteroatoms. The summed E-state index contributed by atoms with van der Waals surface area (Å²) >= 11 is 0. The maximum atomic E-state index is 13.2. The summed E-state index contributed by atoms with van der Waals surface area (Å²) in [5.41, 5.74) is 7.36. The number of aromatic nitrogens is 2. The number of oxazole rings is 1. The van der Waals surface area contributed by atoms with Gasteiger partial charge in [-0.2, -0.15) is 0 Å². The van der Waals surface area contributed by atoms with E-state index >= 15 is 0 Å². The Morgan fingerprint density at radius 3 is 2.59 bits per heavy atom. The third-order valence-corrected chi connectivity index (χ3v) is 9.19. The number of aryl methyl sites for hydroxylation is 1. The monoisotopic (exact) mass is 737 g/mol. The first-order chi connectivity index (χ1) is 26.2. The van der Waals surface area contributed by atoms with Gasteiger partial charge in [0.2, 0.25) is 17.7 Å². The quantitative estimate of drug-likeness (QED) is 0.112. The largest absolute Gasteiger partial charge is 0.490 e. The fraction of sp³-hybridized carbons (Fsp3) is 0.342. The van der Waals surface area contributed by atoms with Gasteiger partial charge in [0.1, 0.15) is 30.0 Å². The summed E-state index contributed by atoms with van der Waals surface area (Å²) in [6.07, 6.45) is 6.20. The lowest BCUT2D eigenvalue weighted by atomic mass is 9.99. The molecule has 0 saturated carbocycles. The van der Waals surface area contributed by atoms with Gasteiger partial charge >= 0.3 is 0 Å². The Morgan fingerprint density at radius 1 is 0.963 bits per heavy atom. The van der Waals surface area contributed by atoms with Crippen molar-refractivity contribution in [2.75, 3.05) is 45.4 Å². The summed E-state index contributed by atoms with van der Waals surface area (Å²) in [7, 11) is 1.65. The highest BCUT2D eigenvalue weighted by molar-refractivity contribution is 6.24. The van der Waals surface area contributed by atoms with Gasteiger partial charge in [0, 0.05) is 31.8 Å². The summed E-state index contributed by atoms with van der Waals surface area (Å²) in [5.74, 6) is -1.10. The SMILES string of the molecule is CN1NC(c2nc3cc(NCc4ccc(OCCOCCOCCCc5cccc6c5C(=O)N(C5CCC(=O)NC5=O)C6=O)cn4)ccc3o2)C=CC1=O. The van der Waals surface area contributed by atoms with E-state index < -0.39 is 29.7 Å². The molecule has 16 nitrogen and oxygen atoms in total. The summed E-state index contributed by atoms with van der Waals surface area (Å²) < 4.78 is 23.0.